The van der Waals surface area contributed by atoms with Gasteiger partial charge in [0.25, 0.3) is 5.56 Å². The van der Waals surface area contributed by atoms with Crippen molar-refractivity contribution < 1.29 is 0 Å². The number of nitrogens with zero attached hydrogens (tertiary/aromatic N) is 1. The number of benzene rings is 1. The van der Waals surface area contributed by atoms with Crippen LogP contribution >= 0.6 is 0 Å². The summed E-state index contributed by atoms with van der Waals surface area (Å²) < 4.78 is 1.39. The Morgan fingerprint density at radius 2 is 1.95 bits per heavy atom. The van der Waals surface area contributed by atoms with Gasteiger partial charge in [-0.1, -0.05) is 30.3 Å². The van der Waals surface area contributed by atoms with Crippen molar-refractivity contribution in [3.05, 3.63) is 56.7 Å². The largest absolute Gasteiger partial charge is 0.383 e. The molecule has 0 bridgehead atoms. The van der Waals surface area contributed by atoms with Gasteiger partial charge in [-0.15, -0.1) is 0 Å². The van der Waals surface area contributed by atoms with Gasteiger partial charge in [-0.2, -0.15) is 0 Å². The number of hydrogen-bond donors (Lipinski definition) is 3. The van der Waals surface area contributed by atoms with Crippen LogP contribution < -0.4 is 22.3 Å². The molecular formula is C15H18N4O2. The van der Waals surface area contributed by atoms with E-state index in [0.717, 1.165) is 24.8 Å². The van der Waals surface area contributed by atoms with Gasteiger partial charge in [-0.05, 0) is 24.8 Å². The molecule has 2 aromatic rings. The predicted molar refractivity (Wildman–Crippen MR) is 82.5 cm³/mol. The van der Waals surface area contributed by atoms with Crippen LogP contribution in [-0.4, -0.2) is 15.6 Å². The van der Waals surface area contributed by atoms with E-state index in [2.05, 4.69) is 10.3 Å². The Morgan fingerprint density at radius 1 is 1.24 bits per heavy atom. The second-order valence-electron chi connectivity index (χ2n) is 5.36. The summed E-state index contributed by atoms with van der Waals surface area (Å²) in [5, 5.41) is 3.14. The fourth-order valence-corrected chi connectivity index (χ4v) is 2.41. The molecule has 0 radical (unpaired) electrons. The van der Waals surface area contributed by atoms with Crippen molar-refractivity contribution in [3.63, 3.8) is 0 Å². The lowest BCUT2D eigenvalue weighted by molar-refractivity contribution is 0.445. The van der Waals surface area contributed by atoms with E-state index in [1.807, 2.05) is 30.3 Å². The van der Waals surface area contributed by atoms with Crippen LogP contribution in [0.25, 0.3) is 0 Å². The Bertz CT molecular complexity index is 745. The monoisotopic (exact) mass is 286 g/mol. The van der Waals surface area contributed by atoms with Crippen LogP contribution in [0, 0.1) is 0 Å². The van der Waals surface area contributed by atoms with Crippen LogP contribution in [0.4, 0.5) is 11.5 Å². The summed E-state index contributed by atoms with van der Waals surface area (Å²) in [6.07, 6.45) is 3.20. The van der Waals surface area contributed by atoms with Gasteiger partial charge >= 0.3 is 5.69 Å². The quantitative estimate of drug-likeness (QED) is 0.785. The number of H-pyrrole nitrogens is 1. The van der Waals surface area contributed by atoms with Crippen LogP contribution in [0.5, 0.6) is 0 Å². The number of anilines is 2. The summed E-state index contributed by atoms with van der Waals surface area (Å²) in [6, 6.07) is 9.81. The van der Waals surface area contributed by atoms with Crippen molar-refractivity contribution in [1.29, 1.82) is 0 Å². The summed E-state index contributed by atoms with van der Waals surface area (Å²) in [5.41, 5.74) is 6.36. The lowest BCUT2D eigenvalue weighted by Gasteiger charge is -2.27. The van der Waals surface area contributed by atoms with Gasteiger partial charge in [0, 0.05) is 6.04 Å². The van der Waals surface area contributed by atoms with Crippen molar-refractivity contribution in [1.82, 2.24) is 9.55 Å². The Balaban J connectivity index is 1.97. The minimum absolute atomic E-state index is 0.194. The Morgan fingerprint density at radius 3 is 2.57 bits per heavy atom. The minimum atomic E-state index is -0.486. The zero-order chi connectivity index (χ0) is 14.8. The first-order valence-corrected chi connectivity index (χ1v) is 7.08. The molecule has 6 nitrogen and oxygen atoms in total. The predicted octanol–water partition coefficient (Wildman–Crippen LogP) is 1.13. The van der Waals surface area contributed by atoms with Crippen molar-refractivity contribution in [2.45, 2.75) is 31.8 Å². The summed E-state index contributed by atoms with van der Waals surface area (Å²) in [7, 11) is 0. The van der Waals surface area contributed by atoms with Crippen molar-refractivity contribution >= 4 is 11.5 Å². The van der Waals surface area contributed by atoms with Gasteiger partial charge in [-0.25, -0.2) is 4.79 Å². The van der Waals surface area contributed by atoms with Crippen molar-refractivity contribution in [2.75, 3.05) is 11.1 Å². The highest BCUT2D eigenvalue weighted by Gasteiger charge is 2.21. The van der Waals surface area contributed by atoms with Crippen LogP contribution in [0.15, 0.2) is 39.9 Å². The molecule has 110 valence electrons. The molecule has 0 saturated heterocycles. The summed E-state index contributed by atoms with van der Waals surface area (Å²) >= 11 is 0. The number of aromatic amines is 1. The molecule has 21 heavy (non-hydrogen) atoms. The Hall–Kier alpha value is -2.50. The molecular weight excluding hydrogens is 268 g/mol. The van der Waals surface area contributed by atoms with Crippen molar-refractivity contribution in [2.24, 2.45) is 0 Å². The highest BCUT2D eigenvalue weighted by atomic mass is 16.2. The number of hydrogen-bond acceptors (Lipinski definition) is 4. The standard InChI is InChI=1S/C15H18N4O2/c16-13-12(17-11-7-4-8-11)14(20)18-15(21)19(13)9-10-5-2-1-3-6-10/h1-3,5-6,11,17H,4,7-9,16H2,(H,18,20,21). The SMILES string of the molecule is Nc1c(NC2CCC2)c(=O)[nH]c(=O)n1Cc1ccccc1. The number of nitrogens with two attached hydrogens (primary N) is 1. The minimum Gasteiger partial charge on any atom is -0.383 e. The molecule has 6 heteroatoms. The smallest absolute Gasteiger partial charge is 0.330 e. The Labute approximate surface area is 121 Å². The third-order valence-electron chi connectivity index (χ3n) is 3.88. The average molecular weight is 286 g/mol. The average Bonchev–Trinajstić information content (AvgIpc) is 2.42. The van der Waals surface area contributed by atoms with Crippen molar-refractivity contribution in [3.8, 4) is 0 Å². The molecule has 1 aliphatic carbocycles. The first kappa shape index (κ1) is 13.5. The van der Waals surface area contributed by atoms with E-state index >= 15 is 0 Å². The van der Waals surface area contributed by atoms with Gasteiger partial charge < -0.3 is 11.1 Å². The van der Waals surface area contributed by atoms with Crippen LogP contribution in [0.3, 0.4) is 0 Å². The zero-order valence-electron chi connectivity index (χ0n) is 11.6. The second-order valence-corrected chi connectivity index (χ2v) is 5.36. The molecule has 1 saturated carbocycles. The molecule has 4 N–H and O–H groups in total. The van der Waals surface area contributed by atoms with Gasteiger partial charge in [0.05, 0.1) is 6.54 Å². The molecule has 3 rings (SSSR count). The lowest BCUT2D eigenvalue weighted by Crippen LogP contribution is -2.37. The van der Waals surface area contributed by atoms with E-state index < -0.39 is 11.2 Å². The zero-order valence-corrected chi connectivity index (χ0v) is 11.6. The number of nitrogens with one attached hydrogen (secondary N) is 2. The maximum absolute atomic E-state index is 12.0. The lowest BCUT2D eigenvalue weighted by atomic mass is 9.93. The first-order chi connectivity index (χ1) is 10.1. The van der Waals surface area contributed by atoms with E-state index in [-0.39, 0.29) is 11.9 Å². The van der Waals surface area contributed by atoms with E-state index in [9.17, 15) is 9.59 Å². The Kier molecular flexibility index (Phi) is 3.51. The number of aromatic nitrogens is 2. The van der Waals surface area contributed by atoms with Crippen LogP contribution in [-0.2, 0) is 6.54 Å². The van der Waals surface area contributed by atoms with Crippen LogP contribution in [0.2, 0.25) is 0 Å². The van der Waals surface area contributed by atoms with Gasteiger partial charge in [0.2, 0.25) is 0 Å². The molecule has 1 heterocycles. The molecule has 1 fully saturated rings. The fraction of sp³-hybridized carbons (Fsp3) is 0.333. The molecule has 1 aromatic heterocycles. The van der Waals surface area contributed by atoms with Crippen LogP contribution in [0.1, 0.15) is 24.8 Å². The highest BCUT2D eigenvalue weighted by molar-refractivity contribution is 5.61. The summed E-state index contributed by atoms with van der Waals surface area (Å²) in [5.74, 6) is 0.194. The van der Waals surface area contributed by atoms with E-state index in [4.69, 9.17) is 5.73 Å². The topological polar surface area (TPSA) is 92.9 Å². The first-order valence-electron chi connectivity index (χ1n) is 7.08. The molecule has 0 aliphatic heterocycles. The maximum Gasteiger partial charge on any atom is 0.330 e. The normalized spacial score (nSPS) is 14.7. The summed E-state index contributed by atoms with van der Waals surface area (Å²) in [4.78, 5) is 26.2. The molecule has 0 spiro atoms. The third-order valence-corrected chi connectivity index (χ3v) is 3.88. The van der Waals surface area contributed by atoms with E-state index in [1.54, 1.807) is 0 Å². The number of nitrogen functional groups attached to an aromatic ring is 1. The molecule has 1 aliphatic rings. The second kappa shape index (κ2) is 5.47. The molecule has 0 atom stereocenters. The van der Waals surface area contributed by atoms with Gasteiger partial charge in [0.1, 0.15) is 11.5 Å². The molecule has 1 aromatic carbocycles. The highest BCUT2D eigenvalue weighted by Crippen LogP contribution is 2.23. The van der Waals surface area contributed by atoms with Gasteiger partial charge in [0.15, 0.2) is 0 Å². The summed E-state index contributed by atoms with van der Waals surface area (Å²) in [6.45, 7) is 0.335. The van der Waals surface area contributed by atoms with E-state index in [0.29, 0.717) is 12.2 Å². The molecule has 0 unspecified atom stereocenters. The fourth-order valence-electron chi connectivity index (χ4n) is 2.41. The van der Waals surface area contributed by atoms with Gasteiger partial charge in [-0.3, -0.25) is 14.3 Å². The molecule has 0 amide bonds. The number of rotatable bonds is 4. The third kappa shape index (κ3) is 2.69. The van der Waals surface area contributed by atoms with E-state index in [1.165, 1.54) is 4.57 Å². The maximum atomic E-state index is 12.0.